The standard InChI is InChI=1S/C20H24ClNO2/c1-5-18(16-11-10-13(2)12-14(16)3)22-20(23)15(4)24-19-9-7-6-8-17(19)21/h6-12,15,18H,5H2,1-4H3,(H,22,23). The Morgan fingerprint density at radius 3 is 2.54 bits per heavy atom. The van der Waals surface area contributed by atoms with E-state index >= 15 is 0 Å². The second-order valence-corrected chi connectivity index (χ2v) is 6.43. The van der Waals surface area contributed by atoms with Gasteiger partial charge in [0.25, 0.3) is 5.91 Å². The predicted molar refractivity (Wildman–Crippen MR) is 98.6 cm³/mol. The Balaban J connectivity index is 2.07. The molecule has 0 fully saturated rings. The van der Waals surface area contributed by atoms with Gasteiger partial charge in [-0.1, -0.05) is 54.4 Å². The third kappa shape index (κ3) is 4.51. The van der Waals surface area contributed by atoms with Crippen LogP contribution < -0.4 is 10.1 Å². The van der Waals surface area contributed by atoms with Crippen molar-refractivity contribution in [1.29, 1.82) is 0 Å². The van der Waals surface area contributed by atoms with Crippen LogP contribution in [-0.2, 0) is 4.79 Å². The van der Waals surface area contributed by atoms with E-state index in [0.717, 1.165) is 12.0 Å². The van der Waals surface area contributed by atoms with E-state index in [9.17, 15) is 4.79 Å². The Kier molecular flexibility index (Phi) is 6.27. The second-order valence-electron chi connectivity index (χ2n) is 6.02. The predicted octanol–water partition coefficient (Wildman–Crippen LogP) is 4.99. The summed E-state index contributed by atoms with van der Waals surface area (Å²) < 4.78 is 5.69. The van der Waals surface area contributed by atoms with Gasteiger partial charge in [-0.2, -0.15) is 0 Å². The molecular weight excluding hydrogens is 322 g/mol. The number of para-hydroxylation sites is 1. The van der Waals surface area contributed by atoms with Crippen LogP contribution in [0.15, 0.2) is 42.5 Å². The molecule has 0 aliphatic heterocycles. The van der Waals surface area contributed by atoms with Crippen LogP contribution in [0.5, 0.6) is 5.75 Å². The van der Waals surface area contributed by atoms with Gasteiger partial charge in [0.05, 0.1) is 11.1 Å². The lowest BCUT2D eigenvalue weighted by atomic mass is 9.97. The molecule has 0 aliphatic carbocycles. The molecular formula is C20H24ClNO2. The van der Waals surface area contributed by atoms with Crippen molar-refractivity contribution < 1.29 is 9.53 Å². The van der Waals surface area contributed by atoms with Crippen molar-refractivity contribution in [3.63, 3.8) is 0 Å². The van der Waals surface area contributed by atoms with E-state index in [1.165, 1.54) is 11.1 Å². The number of amides is 1. The van der Waals surface area contributed by atoms with Gasteiger partial charge in [0.1, 0.15) is 5.75 Å². The lowest BCUT2D eigenvalue weighted by Gasteiger charge is -2.23. The molecule has 0 bridgehead atoms. The van der Waals surface area contributed by atoms with Crippen LogP contribution in [0.1, 0.15) is 43.0 Å². The maximum Gasteiger partial charge on any atom is 0.261 e. The van der Waals surface area contributed by atoms with Gasteiger partial charge in [-0.3, -0.25) is 4.79 Å². The minimum atomic E-state index is -0.621. The fourth-order valence-corrected chi connectivity index (χ4v) is 2.87. The van der Waals surface area contributed by atoms with Crippen LogP contribution in [-0.4, -0.2) is 12.0 Å². The Morgan fingerprint density at radius 2 is 1.92 bits per heavy atom. The number of carbonyl (C=O) groups excluding carboxylic acids is 1. The van der Waals surface area contributed by atoms with E-state index in [-0.39, 0.29) is 11.9 Å². The highest BCUT2D eigenvalue weighted by Gasteiger charge is 2.21. The van der Waals surface area contributed by atoms with Crippen molar-refractivity contribution in [3.8, 4) is 5.75 Å². The summed E-state index contributed by atoms with van der Waals surface area (Å²) in [5, 5.41) is 3.57. The van der Waals surface area contributed by atoms with Crippen molar-refractivity contribution >= 4 is 17.5 Å². The van der Waals surface area contributed by atoms with E-state index in [0.29, 0.717) is 10.8 Å². The molecule has 24 heavy (non-hydrogen) atoms. The van der Waals surface area contributed by atoms with Crippen LogP contribution in [0.4, 0.5) is 0 Å². The molecule has 2 aromatic carbocycles. The van der Waals surface area contributed by atoms with Crippen LogP contribution in [0.3, 0.4) is 0 Å². The average molecular weight is 346 g/mol. The van der Waals surface area contributed by atoms with E-state index in [1.807, 2.05) is 12.1 Å². The number of hydrogen-bond donors (Lipinski definition) is 1. The summed E-state index contributed by atoms with van der Waals surface area (Å²) in [5.74, 6) is 0.364. The first-order chi connectivity index (χ1) is 11.4. The van der Waals surface area contributed by atoms with Gasteiger partial charge >= 0.3 is 0 Å². The van der Waals surface area contributed by atoms with Crippen molar-refractivity contribution in [2.45, 2.75) is 46.3 Å². The molecule has 128 valence electrons. The smallest absolute Gasteiger partial charge is 0.261 e. The number of benzene rings is 2. The maximum absolute atomic E-state index is 12.5. The van der Waals surface area contributed by atoms with Crippen molar-refractivity contribution in [2.75, 3.05) is 0 Å². The van der Waals surface area contributed by atoms with E-state index < -0.39 is 6.10 Å². The number of aryl methyl sites for hydroxylation is 2. The van der Waals surface area contributed by atoms with Crippen LogP contribution in [0.25, 0.3) is 0 Å². The van der Waals surface area contributed by atoms with Gasteiger partial charge in [-0.05, 0) is 50.5 Å². The first-order valence-corrected chi connectivity index (χ1v) is 8.59. The van der Waals surface area contributed by atoms with Gasteiger partial charge < -0.3 is 10.1 Å². The SMILES string of the molecule is CCC(NC(=O)C(C)Oc1ccccc1Cl)c1ccc(C)cc1C. The highest BCUT2D eigenvalue weighted by Crippen LogP contribution is 2.25. The number of hydrogen-bond acceptors (Lipinski definition) is 2. The molecule has 0 aromatic heterocycles. The summed E-state index contributed by atoms with van der Waals surface area (Å²) in [7, 11) is 0. The third-order valence-corrected chi connectivity index (χ3v) is 4.35. The summed E-state index contributed by atoms with van der Waals surface area (Å²) in [4.78, 5) is 12.5. The first kappa shape index (κ1) is 18.3. The quantitative estimate of drug-likeness (QED) is 0.800. The molecule has 2 unspecified atom stereocenters. The van der Waals surface area contributed by atoms with Gasteiger partial charge in [0.15, 0.2) is 6.10 Å². The Bertz CT molecular complexity index is 715. The summed E-state index contributed by atoms with van der Waals surface area (Å²) in [6.07, 6.45) is 0.193. The Morgan fingerprint density at radius 1 is 1.21 bits per heavy atom. The normalized spacial score (nSPS) is 13.2. The number of rotatable bonds is 6. The monoisotopic (exact) mass is 345 g/mol. The molecule has 2 atom stereocenters. The molecule has 2 rings (SSSR count). The zero-order valence-electron chi connectivity index (χ0n) is 14.6. The summed E-state index contributed by atoms with van der Waals surface area (Å²) in [6.45, 7) is 7.92. The molecule has 2 aromatic rings. The molecule has 4 heteroatoms. The molecule has 0 spiro atoms. The lowest BCUT2D eigenvalue weighted by molar-refractivity contribution is -0.128. The lowest BCUT2D eigenvalue weighted by Crippen LogP contribution is -2.38. The highest BCUT2D eigenvalue weighted by atomic mass is 35.5. The zero-order valence-corrected chi connectivity index (χ0v) is 15.4. The number of carbonyl (C=O) groups is 1. The van der Waals surface area contributed by atoms with E-state index in [4.69, 9.17) is 16.3 Å². The van der Waals surface area contributed by atoms with Crippen molar-refractivity contribution in [1.82, 2.24) is 5.32 Å². The topological polar surface area (TPSA) is 38.3 Å². The number of nitrogens with one attached hydrogen (secondary N) is 1. The fourth-order valence-electron chi connectivity index (χ4n) is 2.69. The third-order valence-electron chi connectivity index (χ3n) is 4.04. The zero-order chi connectivity index (χ0) is 17.7. The minimum Gasteiger partial charge on any atom is -0.479 e. The second kappa shape index (κ2) is 8.20. The van der Waals surface area contributed by atoms with Crippen LogP contribution >= 0.6 is 11.6 Å². The molecule has 0 saturated carbocycles. The van der Waals surface area contributed by atoms with Crippen molar-refractivity contribution in [3.05, 3.63) is 64.2 Å². The first-order valence-electron chi connectivity index (χ1n) is 8.21. The molecule has 0 aliphatic rings. The van der Waals surface area contributed by atoms with E-state index in [2.05, 4.69) is 44.3 Å². The Hall–Kier alpha value is -2.00. The number of halogens is 1. The molecule has 3 nitrogen and oxygen atoms in total. The van der Waals surface area contributed by atoms with Crippen LogP contribution in [0.2, 0.25) is 5.02 Å². The van der Waals surface area contributed by atoms with Gasteiger partial charge in [0.2, 0.25) is 0 Å². The molecule has 0 radical (unpaired) electrons. The average Bonchev–Trinajstić information content (AvgIpc) is 2.55. The minimum absolute atomic E-state index is 0.0320. The summed E-state index contributed by atoms with van der Waals surface area (Å²) in [6, 6.07) is 13.4. The fraction of sp³-hybridized carbons (Fsp3) is 0.350. The largest absolute Gasteiger partial charge is 0.479 e. The van der Waals surface area contributed by atoms with Gasteiger partial charge in [0, 0.05) is 0 Å². The maximum atomic E-state index is 12.5. The van der Waals surface area contributed by atoms with Gasteiger partial charge in [-0.15, -0.1) is 0 Å². The van der Waals surface area contributed by atoms with E-state index in [1.54, 1.807) is 19.1 Å². The highest BCUT2D eigenvalue weighted by molar-refractivity contribution is 6.32. The molecule has 0 saturated heterocycles. The number of ether oxygens (including phenoxy) is 1. The molecule has 1 amide bonds. The Labute approximate surface area is 149 Å². The molecule has 1 N–H and O–H groups in total. The van der Waals surface area contributed by atoms with Crippen LogP contribution in [0, 0.1) is 13.8 Å². The summed E-state index contributed by atoms with van der Waals surface area (Å²) in [5.41, 5.74) is 3.54. The molecule has 0 heterocycles. The van der Waals surface area contributed by atoms with Gasteiger partial charge in [-0.25, -0.2) is 0 Å². The summed E-state index contributed by atoms with van der Waals surface area (Å²) >= 11 is 6.08. The van der Waals surface area contributed by atoms with Crippen molar-refractivity contribution in [2.24, 2.45) is 0 Å².